The standard InChI is InChI=1S/C23H30N2O6/c26-20(24-14-6-10-18(24)22(28)29)12-4-5-13-21(27)25-15-7-11-19(25)23(30)31-16-17-8-2-1-3-9-17/h1-3,8-9,18-19H,4-7,10-16H2,(H,28,29)/t18-,19-/m1/s1. The molecule has 31 heavy (non-hydrogen) atoms. The largest absolute Gasteiger partial charge is 0.480 e. The molecule has 2 aliphatic rings. The number of carbonyl (C=O) groups is 4. The van der Waals surface area contributed by atoms with E-state index in [-0.39, 0.29) is 37.2 Å². The fraction of sp³-hybridized carbons (Fsp3) is 0.565. The summed E-state index contributed by atoms with van der Waals surface area (Å²) >= 11 is 0. The number of amides is 2. The third kappa shape index (κ3) is 6.06. The predicted molar refractivity (Wildman–Crippen MR) is 112 cm³/mol. The van der Waals surface area contributed by atoms with Crippen molar-refractivity contribution >= 4 is 23.8 Å². The summed E-state index contributed by atoms with van der Waals surface area (Å²) in [6, 6.07) is 8.15. The molecule has 2 aliphatic heterocycles. The Kier molecular flexibility index (Phi) is 8.03. The van der Waals surface area contributed by atoms with Gasteiger partial charge in [-0.1, -0.05) is 30.3 Å². The fourth-order valence-corrected chi connectivity index (χ4v) is 4.30. The lowest BCUT2D eigenvalue weighted by Crippen LogP contribution is -2.41. The van der Waals surface area contributed by atoms with Gasteiger partial charge in [-0.15, -0.1) is 0 Å². The minimum Gasteiger partial charge on any atom is -0.480 e. The van der Waals surface area contributed by atoms with Gasteiger partial charge in [0.05, 0.1) is 0 Å². The molecule has 2 saturated heterocycles. The van der Waals surface area contributed by atoms with Crippen molar-refractivity contribution in [2.75, 3.05) is 13.1 Å². The summed E-state index contributed by atoms with van der Waals surface area (Å²) in [5.41, 5.74) is 0.902. The number of hydrogen-bond donors (Lipinski definition) is 1. The van der Waals surface area contributed by atoms with Gasteiger partial charge >= 0.3 is 11.9 Å². The lowest BCUT2D eigenvalue weighted by atomic mass is 10.1. The van der Waals surface area contributed by atoms with Crippen LogP contribution in [0.2, 0.25) is 0 Å². The van der Waals surface area contributed by atoms with Crippen LogP contribution in [0.5, 0.6) is 0 Å². The minimum absolute atomic E-state index is 0.101. The van der Waals surface area contributed by atoms with Crippen molar-refractivity contribution in [3.8, 4) is 0 Å². The number of unbranched alkanes of at least 4 members (excludes halogenated alkanes) is 1. The Bertz CT molecular complexity index is 797. The Hall–Kier alpha value is -2.90. The molecule has 8 heteroatoms. The molecule has 0 radical (unpaired) electrons. The summed E-state index contributed by atoms with van der Waals surface area (Å²) in [4.78, 5) is 51.6. The van der Waals surface area contributed by atoms with E-state index < -0.39 is 18.1 Å². The highest BCUT2D eigenvalue weighted by molar-refractivity contribution is 5.85. The van der Waals surface area contributed by atoms with E-state index in [0.29, 0.717) is 45.2 Å². The van der Waals surface area contributed by atoms with Gasteiger partial charge in [-0.05, 0) is 44.1 Å². The number of esters is 1. The van der Waals surface area contributed by atoms with E-state index in [1.54, 1.807) is 4.90 Å². The molecule has 3 rings (SSSR count). The van der Waals surface area contributed by atoms with Crippen molar-refractivity contribution in [2.45, 2.75) is 70.1 Å². The lowest BCUT2D eigenvalue weighted by Gasteiger charge is -2.23. The van der Waals surface area contributed by atoms with Crippen molar-refractivity contribution in [1.29, 1.82) is 0 Å². The molecule has 8 nitrogen and oxygen atoms in total. The Morgan fingerprint density at radius 3 is 2.00 bits per heavy atom. The Morgan fingerprint density at radius 1 is 0.871 bits per heavy atom. The molecule has 1 N–H and O–H groups in total. The Labute approximate surface area is 182 Å². The summed E-state index contributed by atoms with van der Waals surface area (Å²) in [6.07, 6.45) is 4.11. The van der Waals surface area contributed by atoms with Crippen LogP contribution < -0.4 is 0 Å². The van der Waals surface area contributed by atoms with Gasteiger partial charge in [0.25, 0.3) is 0 Å². The molecule has 2 amide bonds. The third-order valence-corrected chi connectivity index (χ3v) is 5.96. The van der Waals surface area contributed by atoms with Gasteiger partial charge in [-0.3, -0.25) is 9.59 Å². The lowest BCUT2D eigenvalue weighted by molar-refractivity contribution is -0.154. The molecule has 0 aliphatic carbocycles. The number of nitrogens with zero attached hydrogens (tertiary/aromatic N) is 2. The van der Waals surface area contributed by atoms with E-state index in [2.05, 4.69) is 0 Å². The number of hydrogen-bond acceptors (Lipinski definition) is 5. The molecular weight excluding hydrogens is 400 g/mol. The van der Waals surface area contributed by atoms with Crippen LogP contribution in [0.4, 0.5) is 0 Å². The van der Waals surface area contributed by atoms with Crippen LogP contribution in [0, 0.1) is 0 Å². The zero-order chi connectivity index (χ0) is 22.2. The number of benzene rings is 1. The zero-order valence-electron chi connectivity index (χ0n) is 17.7. The SMILES string of the molecule is O=C(O)[C@H]1CCCN1C(=O)CCCCC(=O)N1CCC[C@@H]1C(=O)OCc1ccccc1. The number of rotatable bonds is 9. The van der Waals surface area contributed by atoms with Gasteiger partial charge < -0.3 is 19.6 Å². The van der Waals surface area contributed by atoms with Crippen molar-refractivity contribution < 1.29 is 29.0 Å². The van der Waals surface area contributed by atoms with Crippen LogP contribution in [0.25, 0.3) is 0 Å². The molecule has 2 heterocycles. The molecule has 0 saturated carbocycles. The summed E-state index contributed by atoms with van der Waals surface area (Å²) in [5.74, 6) is -1.60. The number of carboxylic acids is 1. The van der Waals surface area contributed by atoms with Crippen molar-refractivity contribution in [2.24, 2.45) is 0 Å². The number of carbonyl (C=O) groups excluding carboxylic acids is 3. The van der Waals surface area contributed by atoms with E-state index in [0.717, 1.165) is 12.0 Å². The highest BCUT2D eigenvalue weighted by Gasteiger charge is 2.35. The molecule has 2 fully saturated rings. The van der Waals surface area contributed by atoms with Gasteiger partial charge in [0, 0.05) is 25.9 Å². The number of carboxylic acid groups (broad SMARTS) is 1. The van der Waals surface area contributed by atoms with Gasteiger partial charge in [0.2, 0.25) is 11.8 Å². The fourth-order valence-electron chi connectivity index (χ4n) is 4.30. The average Bonchev–Trinajstić information content (AvgIpc) is 3.45. The maximum Gasteiger partial charge on any atom is 0.329 e. The molecule has 2 atom stereocenters. The molecule has 1 aromatic rings. The van der Waals surface area contributed by atoms with Crippen LogP contribution in [-0.2, 0) is 30.5 Å². The molecule has 1 aromatic carbocycles. The van der Waals surface area contributed by atoms with Gasteiger partial charge in [0.1, 0.15) is 18.7 Å². The summed E-state index contributed by atoms with van der Waals surface area (Å²) in [6.45, 7) is 1.21. The molecular formula is C23H30N2O6. The van der Waals surface area contributed by atoms with E-state index in [1.165, 1.54) is 4.90 Å². The quantitative estimate of drug-likeness (QED) is 0.476. The number of aliphatic carboxylic acids is 1. The highest BCUT2D eigenvalue weighted by Crippen LogP contribution is 2.22. The summed E-state index contributed by atoms with van der Waals surface area (Å²) in [7, 11) is 0. The molecule has 168 valence electrons. The predicted octanol–water partition coefficient (Wildman–Crippen LogP) is 2.36. The summed E-state index contributed by atoms with van der Waals surface area (Å²) < 4.78 is 5.40. The Balaban J connectivity index is 1.39. The minimum atomic E-state index is -0.958. The van der Waals surface area contributed by atoms with E-state index in [4.69, 9.17) is 4.74 Å². The second-order valence-electron chi connectivity index (χ2n) is 8.13. The molecule has 0 aromatic heterocycles. The Morgan fingerprint density at radius 2 is 1.42 bits per heavy atom. The van der Waals surface area contributed by atoms with Crippen LogP contribution in [0.15, 0.2) is 30.3 Å². The first-order chi connectivity index (χ1) is 15.0. The van der Waals surface area contributed by atoms with Crippen LogP contribution >= 0.6 is 0 Å². The molecule has 0 bridgehead atoms. The zero-order valence-corrected chi connectivity index (χ0v) is 17.7. The van der Waals surface area contributed by atoms with Gasteiger partial charge in [-0.2, -0.15) is 0 Å². The number of likely N-dealkylation sites (tertiary alicyclic amines) is 2. The topological polar surface area (TPSA) is 104 Å². The highest BCUT2D eigenvalue weighted by atomic mass is 16.5. The average molecular weight is 431 g/mol. The first kappa shape index (κ1) is 22.8. The number of ether oxygens (including phenoxy) is 1. The summed E-state index contributed by atoms with van der Waals surface area (Å²) in [5, 5.41) is 9.19. The van der Waals surface area contributed by atoms with Crippen molar-refractivity contribution in [3.63, 3.8) is 0 Å². The maximum absolute atomic E-state index is 12.6. The molecule has 0 spiro atoms. The van der Waals surface area contributed by atoms with Crippen molar-refractivity contribution in [1.82, 2.24) is 9.80 Å². The second kappa shape index (κ2) is 10.9. The normalized spacial score (nSPS) is 20.6. The van der Waals surface area contributed by atoms with Crippen LogP contribution in [0.1, 0.15) is 56.9 Å². The second-order valence-corrected chi connectivity index (χ2v) is 8.13. The van der Waals surface area contributed by atoms with E-state index >= 15 is 0 Å². The van der Waals surface area contributed by atoms with Crippen LogP contribution in [-0.4, -0.2) is 63.8 Å². The van der Waals surface area contributed by atoms with Crippen LogP contribution in [0.3, 0.4) is 0 Å². The van der Waals surface area contributed by atoms with Gasteiger partial charge in [0.15, 0.2) is 0 Å². The molecule has 0 unspecified atom stereocenters. The van der Waals surface area contributed by atoms with E-state index in [1.807, 2.05) is 30.3 Å². The smallest absolute Gasteiger partial charge is 0.329 e. The monoisotopic (exact) mass is 430 g/mol. The first-order valence-electron chi connectivity index (χ1n) is 11.0. The van der Waals surface area contributed by atoms with E-state index in [9.17, 15) is 24.3 Å². The maximum atomic E-state index is 12.6. The van der Waals surface area contributed by atoms with Crippen molar-refractivity contribution in [3.05, 3.63) is 35.9 Å². The van der Waals surface area contributed by atoms with Gasteiger partial charge in [-0.25, -0.2) is 9.59 Å². The third-order valence-electron chi connectivity index (χ3n) is 5.96. The first-order valence-corrected chi connectivity index (χ1v) is 11.0.